The van der Waals surface area contributed by atoms with Crippen LogP contribution in [0.15, 0.2) is 24.3 Å². The van der Waals surface area contributed by atoms with Crippen molar-refractivity contribution in [2.24, 2.45) is 12.8 Å². The van der Waals surface area contributed by atoms with Crippen molar-refractivity contribution in [2.45, 2.75) is 13.3 Å². The molecule has 0 bridgehead atoms. The van der Waals surface area contributed by atoms with Gasteiger partial charge in [0.1, 0.15) is 0 Å². The molecule has 2 rings (SSSR count). The van der Waals surface area contributed by atoms with Crippen LogP contribution in [0.2, 0.25) is 0 Å². The summed E-state index contributed by atoms with van der Waals surface area (Å²) in [7, 11) is 2.11. The first kappa shape index (κ1) is 9.28. The highest BCUT2D eigenvalue weighted by Gasteiger charge is 2.05. The molecule has 0 aliphatic rings. The fourth-order valence-electron chi connectivity index (χ4n) is 2.06. The topological polar surface area (TPSA) is 30.9 Å². The number of hydrogen-bond acceptors (Lipinski definition) is 1. The van der Waals surface area contributed by atoms with E-state index < -0.39 is 0 Å². The van der Waals surface area contributed by atoms with E-state index in [1.54, 1.807) is 0 Å². The third kappa shape index (κ3) is 1.32. The maximum absolute atomic E-state index is 5.58. The molecule has 2 nitrogen and oxygen atoms in total. The van der Waals surface area contributed by atoms with Crippen LogP contribution in [0, 0.1) is 6.92 Å². The molecular weight excluding hydrogens is 172 g/mol. The van der Waals surface area contributed by atoms with Gasteiger partial charge in [-0.05, 0) is 31.5 Å². The molecule has 0 saturated carbocycles. The van der Waals surface area contributed by atoms with Gasteiger partial charge in [-0.1, -0.05) is 18.2 Å². The van der Waals surface area contributed by atoms with E-state index in [2.05, 4.69) is 42.8 Å². The molecule has 0 fully saturated rings. The van der Waals surface area contributed by atoms with E-state index in [4.69, 9.17) is 5.73 Å². The summed E-state index contributed by atoms with van der Waals surface area (Å²) >= 11 is 0. The van der Waals surface area contributed by atoms with E-state index >= 15 is 0 Å². The molecule has 0 amide bonds. The van der Waals surface area contributed by atoms with Gasteiger partial charge in [-0.25, -0.2) is 0 Å². The molecule has 2 N–H and O–H groups in total. The smallest absolute Gasteiger partial charge is 0.0509 e. The van der Waals surface area contributed by atoms with Gasteiger partial charge in [-0.3, -0.25) is 0 Å². The van der Waals surface area contributed by atoms with Gasteiger partial charge in [-0.2, -0.15) is 0 Å². The standard InChI is InChI=1S/C12H16N2/c1-9-4-3-5-10-8-11(6-7-13)14(2)12(9)10/h3-5,8H,6-7,13H2,1-2H3. The van der Waals surface area contributed by atoms with Crippen LogP contribution in [-0.2, 0) is 13.5 Å². The number of benzene rings is 1. The first-order valence-electron chi connectivity index (χ1n) is 4.98. The Bertz CT molecular complexity index is 455. The number of nitrogens with two attached hydrogens (primary N) is 1. The van der Waals surface area contributed by atoms with E-state index in [0.29, 0.717) is 6.54 Å². The number of nitrogens with zero attached hydrogens (tertiary/aromatic N) is 1. The van der Waals surface area contributed by atoms with Crippen molar-refractivity contribution in [3.63, 3.8) is 0 Å². The monoisotopic (exact) mass is 188 g/mol. The maximum atomic E-state index is 5.58. The second-order valence-electron chi connectivity index (χ2n) is 3.75. The Kier molecular flexibility index (Phi) is 2.30. The van der Waals surface area contributed by atoms with Crippen LogP contribution >= 0.6 is 0 Å². The Morgan fingerprint density at radius 3 is 2.79 bits per heavy atom. The Balaban J connectivity index is 2.68. The quantitative estimate of drug-likeness (QED) is 0.767. The molecule has 0 saturated heterocycles. The van der Waals surface area contributed by atoms with Crippen LogP contribution in [0.3, 0.4) is 0 Å². The van der Waals surface area contributed by atoms with Crippen molar-refractivity contribution in [1.82, 2.24) is 4.57 Å². The van der Waals surface area contributed by atoms with Gasteiger partial charge in [0.15, 0.2) is 0 Å². The highest BCUT2D eigenvalue weighted by Crippen LogP contribution is 2.21. The van der Waals surface area contributed by atoms with Gasteiger partial charge in [0.25, 0.3) is 0 Å². The molecule has 74 valence electrons. The minimum Gasteiger partial charge on any atom is -0.347 e. The zero-order valence-electron chi connectivity index (χ0n) is 8.75. The minimum atomic E-state index is 0.712. The first-order valence-corrected chi connectivity index (χ1v) is 4.98. The molecule has 0 aliphatic heterocycles. The maximum Gasteiger partial charge on any atom is 0.0509 e. The summed E-state index contributed by atoms with van der Waals surface area (Å²) < 4.78 is 2.25. The van der Waals surface area contributed by atoms with Crippen molar-refractivity contribution >= 4 is 10.9 Å². The zero-order chi connectivity index (χ0) is 10.1. The van der Waals surface area contributed by atoms with E-state index in [1.807, 2.05) is 0 Å². The van der Waals surface area contributed by atoms with Crippen LogP contribution < -0.4 is 5.73 Å². The fraction of sp³-hybridized carbons (Fsp3) is 0.333. The summed E-state index contributed by atoms with van der Waals surface area (Å²) in [6.45, 7) is 2.86. The Morgan fingerprint density at radius 2 is 2.14 bits per heavy atom. The van der Waals surface area contributed by atoms with Crippen LogP contribution in [0.4, 0.5) is 0 Å². The van der Waals surface area contributed by atoms with Crippen molar-refractivity contribution < 1.29 is 0 Å². The summed E-state index contributed by atoms with van der Waals surface area (Å²) in [4.78, 5) is 0. The van der Waals surface area contributed by atoms with Crippen LogP contribution in [0.1, 0.15) is 11.3 Å². The van der Waals surface area contributed by atoms with Gasteiger partial charge < -0.3 is 10.3 Å². The average molecular weight is 188 g/mol. The van der Waals surface area contributed by atoms with Crippen molar-refractivity contribution in [3.8, 4) is 0 Å². The fourth-order valence-corrected chi connectivity index (χ4v) is 2.06. The number of aromatic nitrogens is 1. The molecule has 2 aromatic rings. The molecule has 0 unspecified atom stereocenters. The number of hydrogen-bond donors (Lipinski definition) is 1. The number of fused-ring (bicyclic) bond motifs is 1. The lowest BCUT2D eigenvalue weighted by Gasteiger charge is -2.04. The Hall–Kier alpha value is -1.28. The lowest BCUT2D eigenvalue weighted by Crippen LogP contribution is -2.06. The van der Waals surface area contributed by atoms with Gasteiger partial charge in [-0.15, -0.1) is 0 Å². The number of aryl methyl sites for hydroxylation is 2. The van der Waals surface area contributed by atoms with Crippen LogP contribution in [-0.4, -0.2) is 11.1 Å². The lowest BCUT2D eigenvalue weighted by molar-refractivity contribution is 0.826. The number of rotatable bonds is 2. The van der Waals surface area contributed by atoms with E-state index in [-0.39, 0.29) is 0 Å². The summed E-state index contributed by atoms with van der Waals surface area (Å²) in [5, 5.41) is 1.32. The van der Waals surface area contributed by atoms with E-state index in [9.17, 15) is 0 Å². The van der Waals surface area contributed by atoms with Gasteiger partial charge in [0.2, 0.25) is 0 Å². The van der Waals surface area contributed by atoms with Gasteiger partial charge >= 0.3 is 0 Å². The molecule has 1 aromatic carbocycles. The van der Waals surface area contributed by atoms with Gasteiger partial charge in [0, 0.05) is 18.1 Å². The summed E-state index contributed by atoms with van der Waals surface area (Å²) in [5.74, 6) is 0. The predicted molar refractivity (Wildman–Crippen MR) is 60.4 cm³/mol. The molecule has 0 radical (unpaired) electrons. The van der Waals surface area contributed by atoms with E-state index in [1.165, 1.54) is 22.2 Å². The van der Waals surface area contributed by atoms with Crippen molar-refractivity contribution in [1.29, 1.82) is 0 Å². The Morgan fingerprint density at radius 1 is 1.36 bits per heavy atom. The SMILES string of the molecule is Cc1cccc2cc(CCN)n(C)c12. The molecule has 0 aliphatic carbocycles. The summed E-state index contributed by atoms with van der Waals surface area (Å²) in [5.41, 5.74) is 9.55. The average Bonchev–Trinajstić information content (AvgIpc) is 2.46. The van der Waals surface area contributed by atoms with Crippen LogP contribution in [0.5, 0.6) is 0 Å². The first-order chi connectivity index (χ1) is 6.74. The van der Waals surface area contributed by atoms with Crippen molar-refractivity contribution in [3.05, 3.63) is 35.5 Å². The van der Waals surface area contributed by atoms with Gasteiger partial charge in [0.05, 0.1) is 5.52 Å². The second kappa shape index (κ2) is 3.46. The Labute approximate surface area is 84.3 Å². The third-order valence-corrected chi connectivity index (χ3v) is 2.76. The summed E-state index contributed by atoms with van der Waals surface area (Å²) in [6, 6.07) is 8.63. The minimum absolute atomic E-state index is 0.712. The lowest BCUT2D eigenvalue weighted by atomic mass is 10.2. The van der Waals surface area contributed by atoms with E-state index in [0.717, 1.165) is 6.42 Å². The number of para-hydroxylation sites is 1. The normalized spacial score (nSPS) is 11.1. The van der Waals surface area contributed by atoms with Crippen molar-refractivity contribution in [2.75, 3.05) is 6.54 Å². The molecule has 1 heterocycles. The molecule has 1 aromatic heterocycles. The third-order valence-electron chi connectivity index (χ3n) is 2.76. The largest absolute Gasteiger partial charge is 0.347 e. The second-order valence-corrected chi connectivity index (χ2v) is 3.75. The molecule has 0 atom stereocenters. The molecule has 2 heteroatoms. The van der Waals surface area contributed by atoms with Crippen LogP contribution in [0.25, 0.3) is 10.9 Å². The zero-order valence-corrected chi connectivity index (χ0v) is 8.75. The predicted octanol–water partition coefficient (Wildman–Crippen LogP) is 1.99. The highest BCUT2D eigenvalue weighted by atomic mass is 14.9. The highest BCUT2D eigenvalue weighted by molar-refractivity contribution is 5.84. The molecular formula is C12H16N2. The summed E-state index contributed by atoms with van der Waals surface area (Å²) in [6.07, 6.45) is 0.949. The molecule has 0 spiro atoms. The molecule has 14 heavy (non-hydrogen) atoms.